The van der Waals surface area contributed by atoms with Gasteiger partial charge in [-0.2, -0.15) is 0 Å². The summed E-state index contributed by atoms with van der Waals surface area (Å²) in [5, 5.41) is 4.21. The number of aromatic amines is 1. The number of ether oxygens (including phenoxy) is 1. The van der Waals surface area contributed by atoms with Gasteiger partial charge in [0.05, 0.1) is 0 Å². The molecule has 1 aliphatic rings. The molecule has 2 heterocycles. The Hall–Kier alpha value is -1.81. The van der Waals surface area contributed by atoms with Crippen molar-refractivity contribution >= 4 is 16.8 Å². The summed E-state index contributed by atoms with van der Waals surface area (Å²) < 4.78 is 5.37. The predicted octanol–water partition coefficient (Wildman–Crippen LogP) is 2.31. The van der Waals surface area contributed by atoms with Gasteiger partial charge in [-0.25, -0.2) is 0 Å². The van der Waals surface area contributed by atoms with E-state index in [1.165, 1.54) is 22.0 Å². The molecule has 106 valence electrons. The van der Waals surface area contributed by atoms with E-state index in [2.05, 4.69) is 35.4 Å². The van der Waals surface area contributed by atoms with Gasteiger partial charge in [0.25, 0.3) is 0 Å². The van der Waals surface area contributed by atoms with Crippen molar-refractivity contribution in [2.75, 3.05) is 13.2 Å². The third-order valence-electron chi connectivity index (χ3n) is 3.93. The maximum atomic E-state index is 11.8. The molecule has 1 atom stereocenters. The summed E-state index contributed by atoms with van der Waals surface area (Å²) in [6.45, 7) is 3.46. The number of carbonyl (C=O) groups excluding carboxylic acids is 1. The number of hydrogen-bond donors (Lipinski definition) is 2. The quantitative estimate of drug-likeness (QED) is 0.897. The van der Waals surface area contributed by atoms with Gasteiger partial charge in [0.15, 0.2) is 0 Å². The molecule has 4 nitrogen and oxygen atoms in total. The van der Waals surface area contributed by atoms with E-state index in [0.717, 1.165) is 19.3 Å². The van der Waals surface area contributed by atoms with Gasteiger partial charge in [0.1, 0.15) is 6.10 Å². The van der Waals surface area contributed by atoms with Crippen molar-refractivity contribution in [1.82, 2.24) is 10.3 Å². The average Bonchev–Trinajstić information content (AvgIpc) is 3.09. The first-order chi connectivity index (χ1) is 9.75. The lowest BCUT2D eigenvalue weighted by Crippen LogP contribution is -2.35. The van der Waals surface area contributed by atoms with Crippen LogP contribution in [0.4, 0.5) is 0 Å². The fraction of sp³-hybridized carbons (Fsp3) is 0.438. The van der Waals surface area contributed by atoms with E-state index in [0.29, 0.717) is 13.2 Å². The van der Waals surface area contributed by atoms with Gasteiger partial charge in [-0.3, -0.25) is 4.79 Å². The van der Waals surface area contributed by atoms with Crippen LogP contribution in [0.5, 0.6) is 0 Å². The SMILES string of the molecule is Cc1cccc2c(CCNC(=O)[C@H]3CCCO3)c[nH]c12. The minimum atomic E-state index is -0.236. The number of para-hydroxylation sites is 1. The molecule has 1 saturated heterocycles. The number of carbonyl (C=O) groups is 1. The number of nitrogens with one attached hydrogen (secondary N) is 2. The summed E-state index contributed by atoms with van der Waals surface area (Å²) in [5.74, 6) is 0.0264. The second-order valence-corrected chi connectivity index (χ2v) is 5.35. The van der Waals surface area contributed by atoms with Crippen molar-refractivity contribution in [3.63, 3.8) is 0 Å². The van der Waals surface area contributed by atoms with Crippen LogP contribution in [0, 0.1) is 6.92 Å². The van der Waals surface area contributed by atoms with Crippen LogP contribution < -0.4 is 5.32 Å². The first-order valence-corrected chi connectivity index (χ1v) is 7.20. The Kier molecular flexibility index (Phi) is 3.74. The van der Waals surface area contributed by atoms with Gasteiger partial charge in [0, 0.05) is 30.3 Å². The van der Waals surface area contributed by atoms with Crippen molar-refractivity contribution in [3.8, 4) is 0 Å². The van der Waals surface area contributed by atoms with Crippen molar-refractivity contribution in [3.05, 3.63) is 35.5 Å². The molecule has 0 saturated carbocycles. The highest BCUT2D eigenvalue weighted by Gasteiger charge is 2.22. The van der Waals surface area contributed by atoms with E-state index in [9.17, 15) is 4.79 Å². The Bertz CT molecular complexity index is 612. The topological polar surface area (TPSA) is 54.1 Å². The van der Waals surface area contributed by atoms with Crippen LogP contribution in [0.25, 0.3) is 10.9 Å². The zero-order chi connectivity index (χ0) is 13.9. The minimum absolute atomic E-state index is 0.0264. The summed E-state index contributed by atoms with van der Waals surface area (Å²) >= 11 is 0. The second-order valence-electron chi connectivity index (χ2n) is 5.35. The number of aryl methyl sites for hydroxylation is 1. The van der Waals surface area contributed by atoms with Crippen LogP contribution in [-0.2, 0) is 16.0 Å². The van der Waals surface area contributed by atoms with E-state index < -0.39 is 0 Å². The lowest BCUT2D eigenvalue weighted by molar-refractivity contribution is -0.129. The zero-order valence-electron chi connectivity index (χ0n) is 11.7. The van der Waals surface area contributed by atoms with Crippen molar-refractivity contribution in [1.29, 1.82) is 0 Å². The molecule has 0 bridgehead atoms. The lowest BCUT2D eigenvalue weighted by atomic mass is 10.1. The zero-order valence-corrected chi connectivity index (χ0v) is 11.7. The van der Waals surface area contributed by atoms with Crippen LogP contribution in [0.1, 0.15) is 24.0 Å². The molecule has 0 aliphatic carbocycles. The summed E-state index contributed by atoms with van der Waals surface area (Å²) in [5.41, 5.74) is 3.68. The Labute approximate surface area is 118 Å². The Morgan fingerprint density at radius 2 is 2.40 bits per heavy atom. The number of fused-ring (bicyclic) bond motifs is 1. The van der Waals surface area contributed by atoms with Gasteiger partial charge in [-0.1, -0.05) is 18.2 Å². The summed E-state index contributed by atoms with van der Waals surface area (Å²) in [7, 11) is 0. The number of aromatic nitrogens is 1. The van der Waals surface area contributed by atoms with Crippen LogP contribution in [0.2, 0.25) is 0 Å². The monoisotopic (exact) mass is 272 g/mol. The fourth-order valence-corrected chi connectivity index (χ4v) is 2.79. The predicted molar refractivity (Wildman–Crippen MR) is 78.7 cm³/mol. The standard InChI is InChI=1S/C16H20N2O2/c1-11-4-2-5-13-12(10-18-15(11)13)7-8-17-16(19)14-6-3-9-20-14/h2,4-5,10,14,18H,3,6-9H2,1H3,(H,17,19)/t14-/m1/s1. The van der Waals surface area contributed by atoms with Gasteiger partial charge < -0.3 is 15.0 Å². The van der Waals surface area contributed by atoms with Gasteiger partial charge >= 0.3 is 0 Å². The van der Waals surface area contributed by atoms with E-state index >= 15 is 0 Å². The molecule has 1 aliphatic heterocycles. The molecule has 4 heteroatoms. The average molecular weight is 272 g/mol. The van der Waals surface area contributed by atoms with Crippen molar-refractivity contribution < 1.29 is 9.53 Å². The first-order valence-electron chi connectivity index (χ1n) is 7.20. The second kappa shape index (κ2) is 5.67. The largest absolute Gasteiger partial charge is 0.368 e. The van der Waals surface area contributed by atoms with Crippen LogP contribution in [0.15, 0.2) is 24.4 Å². The molecule has 1 aromatic carbocycles. The Morgan fingerprint density at radius 3 is 3.20 bits per heavy atom. The van der Waals surface area contributed by atoms with E-state index in [-0.39, 0.29) is 12.0 Å². The Morgan fingerprint density at radius 1 is 1.50 bits per heavy atom. The molecule has 20 heavy (non-hydrogen) atoms. The highest BCUT2D eigenvalue weighted by atomic mass is 16.5. The van der Waals surface area contributed by atoms with Gasteiger partial charge in [-0.05, 0) is 37.3 Å². The Balaban J connectivity index is 1.60. The van der Waals surface area contributed by atoms with E-state index in [1.807, 2.05) is 6.20 Å². The molecule has 2 aromatic rings. The highest BCUT2D eigenvalue weighted by molar-refractivity contribution is 5.86. The van der Waals surface area contributed by atoms with E-state index in [4.69, 9.17) is 4.74 Å². The molecule has 0 radical (unpaired) electrons. The number of amides is 1. The molecule has 0 spiro atoms. The van der Waals surface area contributed by atoms with Crippen molar-refractivity contribution in [2.45, 2.75) is 32.3 Å². The highest BCUT2D eigenvalue weighted by Crippen LogP contribution is 2.21. The molecule has 1 fully saturated rings. The third-order valence-corrected chi connectivity index (χ3v) is 3.93. The number of H-pyrrole nitrogens is 1. The molecular weight excluding hydrogens is 252 g/mol. The molecule has 2 N–H and O–H groups in total. The maximum Gasteiger partial charge on any atom is 0.249 e. The van der Waals surface area contributed by atoms with Crippen LogP contribution >= 0.6 is 0 Å². The maximum absolute atomic E-state index is 11.8. The summed E-state index contributed by atoms with van der Waals surface area (Å²) in [6, 6.07) is 6.29. The van der Waals surface area contributed by atoms with E-state index in [1.54, 1.807) is 0 Å². The molecule has 3 rings (SSSR count). The normalized spacial score (nSPS) is 18.6. The smallest absolute Gasteiger partial charge is 0.249 e. The summed E-state index contributed by atoms with van der Waals surface area (Å²) in [4.78, 5) is 15.2. The van der Waals surface area contributed by atoms with Gasteiger partial charge in [0.2, 0.25) is 5.91 Å². The molecule has 1 aromatic heterocycles. The summed E-state index contributed by atoms with van der Waals surface area (Å²) in [6.07, 6.45) is 4.47. The minimum Gasteiger partial charge on any atom is -0.368 e. The third kappa shape index (κ3) is 2.56. The van der Waals surface area contributed by atoms with Crippen LogP contribution in [-0.4, -0.2) is 30.1 Å². The molecule has 0 unspecified atom stereocenters. The van der Waals surface area contributed by atoms with Crippen LogP contribution in [0.3, 0.4) is 0 Å². The van der Waals surface area contributed by atoms with Crippen molar-refractivity contribution in [2.24, 2.45) is 0 Å². The lowest BCUT2D eigenvalue weighted by Gasteiger charge is -2.09. The molecular formula is C16H20N2O2. The number of benzene rings is 1. The molecule has 1 amide bonds. The number of hydrogen-bond acceptors (Lipinski definition) is 2. The fourth-order valence-electron chi connectivity index (χ4n) is 2.79. The van der Waals surface area contributed by atoms with Gasteiger partial charge in [-0.15, -0.1) is 0 Å². The number of rotatable bonds is 4. The first kappa shape index (κ1) is 13.2.